The third-order valence-electron chi connectivity index (χ3n) is 4.99. The van der Waals surface area contributed by atoms with Gasteiger partial charge in [-0.3, -0.25) is 4.98 Å². The van der Waals surface area contributed by atoms with Crippen LogP contribution in [-0.2, 0) is 6.54 Å². The largest absolute Gasteiger partial charge is 0.455 e. The van der Waals surface area contributed by atoms with Crippen molar-refractivity contribution in [3.05, 3.63) is 78.1 Å². The monoisotopic (exact) mass is 449 g/mol. The number of ether oxygens (including phenoxy) is 1. The molecule has 0 aliphatic heterocycles. The van der Waals surface area contributed by atoms with E-state index in [2.05, 4.69) is 20.3 Å². The van der Waals surface area contributed by atoms with Gasteiger partial charge in [0.15, 0.2) is 5.82 Å². The molecule has 0 amide bonds. The van der Waals surface area contributed by atoms with Gasteiger partial charge in [-0.25, -0.2) is 14.4 Å². The molecule has 0 fully saturated rings. The summed E-state index contributed by atoms with van der Waals surface area (Å²) < 4.78 is 21.9. The Morgan fingerprint density at radius 1 is 1.06 bits per heavy atom. The molecule has 5 rings (SSSR count). The van der Waals surface area contributed by atoms with Gasteiger partial charge >= 0.3 is 0 Å². The van der Waals surface area contributed by atoms with Crippen molar-refractivity contribution in [1.29, 1.82) is 0 Å². The van der Waals surface area contributed by atoms with Crippen LogP contribution >= 0.6 is 11.6 Å². The fourth-order valence-corrected chi connectivity index (χ4v) is 3.76. The summed E-state index contributed by atoms with van der Waals surface area (Å²) in [5.41, 5.74) is 2.48. The van der Waals surface area contributed by atoms with Crippen LogP contribution in [0, 0.1) is 5.82 Å². The van der Waals surface area contributed by atoms with Gasteiger partial charge in [-0.2, -0.15) is 0 Å². The summed E-state index contributed by atoms with van der Waals surface area (Å²) in [5, 5.41) is 13.5. The molecule has 32 heavy (non-hydrogen) atoms. The second-order valence-electron chi connectivity index (χ2n) is 7.01. The number of para-hydroxylation sites is 1. The zero-order valence-electron chi connectivity index (χ0n) is 16.7. The van der Waals surface area contributed by atoms with E-state index in [1.807, 2.05) is 16.8 Å². The fraction of sp³-hybridized carbons (Fsp3) is 0.0870. The standard InChI is InChI=1S/C23H17ClFN5O2/c24-16-12-14(29-23-22-18(27-13-28-23)7-9-30(22)10-11-31)4-5-20(16)32-19-6-8-26-21-15(19)2-1-3-17(21)25/h1-9,12-13,31H,10-11H2,(H,27,28,29). The van der Waals surface area contributed by atoms with Gasteiger partial charge in [-0.05, 0) is 42.5 Å². The van der Waals surface area contributed by atoms with Gasteiger partial charge in [0.1, 0.15) is 34.7 Å². The Morgan fingerprint density at radius 3 is 2.81 bits per heavy atom. The van der Waals surface area contributed by atoms with Crippen LogP contribution in [0.5, 0.6) is 11.5 Å². The van der Waals surface area contributed by atoms with Gasteiger partial charge in [-0.15, -0.1) is 0 Å². The topological polar surface area (TPSA) is 85.1 Å². The van der Waals surface area contributed by atoms with Gasteiger partial charge in [0.25, 0.3) is 0 Å². The van der Waals surface area contributed by atoms with Crippen LogP contribution in [0.25, 0.3) is 21.9 Å². The second kappa shape index (κ2) is 8.41. The number of nitrogens with zero attached hydrogens (tertiary/aromatic N) is 4. The van der Waals surface area contributed by atoms with E-state index < -0.39 is 5.82 Å². The van der Waals surface area contributed by atoms with Crippen molar-refractivity contribution >= 4 is 45.0 Å². The van der Waals surface area contributed by atoms with E-state index in [0.29, 0.717) is 40.0 Å². The Morgan fingerprint density at radius 2 is 1.97 bits per heavy atom. The number of halogens is 2. The number of aromatic nitrogens is 4. The second-order valence-corrected chi connectivity index (χ2v) is 7.41. The maximum atomic E-state index is 14.0. The smallest absolute Gasteiger partial charge is 0.158 e. The number of pyridine rings is 1. The Balaban J connectivity index is 1.44. The van der Waals surface area contributed by atoms with Crippen molar-refractivity contribution < 1.29 is 14.2 Å². The minimum Gasteiger partial charge on any atom is -0.455 e. The number of hydrogen-bond donors (Lipinski definition) is 2. The molecular weight excluding hydrogens is 433 g/mol. The molecular formula is C23H17ClFN5O2. The van der Waals surface area contributed by atoms with Crippen LogP contribution in [-0.4, -0.2) is 31.2 Å². The van der Waals surface area contributed by atoms with E-state index in [9.17, 15) is 9.50 Å². The van der Waals surface area contributed by atoms with Crippen molar-refractivity contribution in [3.8, 4) is 11.5 Å². The minimum absolute atomic E-state index is 0.00354. The first-order valence-electron chi connectivity index (χ1n) is 9.82. The molecule has 0 atom stereocenters. The highest BCUT2D eigenvalue weighted by Crippen LogP contribution is 2.36. The Hall–Kier alpha value is -3.75. The maximum absolute atomic E-state index is 14.0. The summed E-state index contributed by atoms with van der Waals surface area (Å²) >= 11 is 6.48. The lowest BCUT2D eigenvalue weighted by Crippen LogP contribution is -2.04. The molecule has 0 aliphatic rings. The molecule has 0 spiro atoms. The summed E-state index contributed by atoms with van der Waals surface area (Å²) in [6.45, 7) is 0.434. The zero-order chi connectivity index (χ0) is 22.1. The van der Waals surface area contributed by atoms with E-state index in [0.717, 1.165) is 11.0 Å². The SMILES string of the molecule is OCCn1ccc2ncnc(Nc3ccc(Oc4ccnc5c(F)cccc45)c(Cl)c3)c21. The van der Waals surface area contributed by atoms with E-state index >= 15 is 0 Å². The van der Waals surface area contributed by atoms with Gasteiger partial charge in [0.2, 0.25) is 0 Å². The normalized spacial score (nSPS) is 11.2. The van der Waals surface area contributed by atoms with E-state index in [4.69, 9.17) is 16.3 Å². The lowest BCUT2D eigenvalue weighted by molar-refractivity contribution is 0.278. The van der Waals surface area contributed by atoms with E-state index in [1.54, 1.807) is 36.4 Å². The molecule has 160 valence electrons. The molecule has 0 radical (unpaired) electrons. The highest BCUT2D eigenvalue weighted by Gasteiger charge is 2.13. The average Bonchev–Trinajstić information content (AvgIpc) is 3.21. The Kier molecular flexibility index (Phi) is 5.30. The number of fused-ring (bicyclic) bond motifs is 2. The van der Waals surface area contributed by atoms with Crippen LogP contribution < -0.4 is 10.1 Å². The van der Waals surface area contributed by atoms with E-state index in [1.165, 1.54) is 18.6 Å². The summed E-state index contributed by atoms with van der Waals surface area (Å²) in [4.78, 5) is 12.7. The Labute approximate surface area is 187 Å². The van der Waals surface area contributed by atoms with Gasteiger partial charge in [0.05, 0.1) is 17.1 Å². The van der Waals surface area contributed by atoms with Crippen molar-refractivity contribution in [2.24, 2.45) is 0 Å². The first-order chi connectivity index (χ1) is 15.6. The number of rotatable bonds is 6. The molecule has 0 aliphatic carbocycles. The average molecular weight is 450 g/mol. The molecule has 0 unspecified atom stereocenters. The molecule has 9 heteroatoms. The number of benzene rings is 2. The van der Waals surface area contributed by atoms with Crippen LogP contribution in [0.2, 0.25) is 5.02 Å². The molecule has 3 aromatic heterocycles. The minimum atomic E-state index is -0.416. The van der Waals surface area contributed by atoms with Crippen molar-refractivity contribution in [1.82, 2.24) is 19.5 Å². The van der Waals surface area contributed by atoms with Crippen LogP contribution in [0.1, 0.15) is 0 Å². The highest BCUT2D eigenvalue weighted by atomic mass is 35.5. The van der Waals surface area contributed by atoms with Crippen molar-refractivity contribution in [2.75, 3.05) is 11.9 Å². The number of anilines is 2. The van der Waals surface area contributed by atoms with Gasteiger partial charge in [0, 0.05) is 30.0 Å². The molecule has 2 aromatic carbocycles. The first kappa shape index (κ1) is 20.2. The summed E-state index contributed by atoms with van der Waals surface area (Å²) in [7, 11) is 0. The van der Waals surface area contributed by atoms with Crippen LogP contribution in [0.4, 0.5) is 15.9 Å². The number of aliphatic hydroxyl groups is 1. The van der Waals surface area contributed by atoms with Crippen molar-refractivity contribution in [3.63, 3.8) is 0 Å². The van der Waals surface area contributed by atoms with Crippen molar-refractivity contribution in [2.45, 2.75) is 6.54 Å². The van der Waals surface area contributed by atoms with Gasteiger partial charge < -0.3 is 19.7 Å². The molecule has 5 aromatic rings. The molecule has 3 heterocycles. The zero-order valence-corrected chi connectivity index (χ0v) is 17.4. The Bertz CT molecular complexity index is 1440. The molecule has 0 saturated heterocycles. The molecule has 0 bridgehead atoms. The van der Waals surface area contributed by atoms with Gasteiger partial charge in [-0.1, -0.05) is 17.7 Å². The summed E-state index contributed by atoms with van der Waals surface area (Å²) in [6.07, 6.45) is 4.82. The lowest BCUT2D eigenvalue weighted by atomic mass is 10.2. The maximum Gasteiger partial charge on any atom is 0.158 e. The highest BCUT2D eigenvalue weighted by molar-refractivity contribution is 6.32. The van der Waals surface area contributed by atoms with Crippen LogP contribution in [0.3, 0.4) is 0 Å². The molecule has 2 N–H and O–H groups in total. The number of aliphatic hydroxyl groups excluding tert-OH is 1. The quantitative estimate of drug-likeness (QED) is 0.366. The van der Waals surface area contributed by atoms with E-state index in [-0.39, 0.29) is 12.1 Å². The molecule has 7 nitrogen and oxygen atoms in total. The fourth-order valence-electron chi connectivity index (χ4n) is 3.54. The third kappa shape index (κ3) is 3.70. The van der Waals surface area contributed by atoms with Crippen LogP contribution in [0.15, 0.2) is 67.3 Å². The third-order valence-corrected chi connectivity index (χ3v) is 5.28. The number of nitrogens with one attached hydrogen (secondary N) is 1. The summed E-state index contributed by atoms with van der Waals surface area (Å²) in [5.74, 6) is 1.05. The summed E-state index contributed by atoms with van der Waals surface area (Å²) in [6, 6.07) is 13.5. The first-order valence-corrected chi connectivity index (χ1v) is 10.2. The predicted molar refractivity (Wildman–Crippen MR) is 121 cm³/mol. The lowest BCUT2D eigenvalue weighted by Gasteiger charge is -2.13. The number of hydrogen-bond acceptors (Lipinski definition) is 6. The molecule has 0 saturated carbocycles. The predicted octanol–water partition coefficient (Wildman–Crippen LogP) is 5.30.